The van der Waals surface area contributed by atoms with Crippen LogP contribution in [0.5, 0.6) is 5.75 Å². The molecule has 0 aliphatic carbocycles. The first kappa shape index (κ1) is 11.7. The average Bonchev–Trinajstić information content (AvgIpc) is 2.20. The fourth-order valence-electron chi connectivity index (χ4n) is 1.14. The van der Waals surface area contributed by atoms with Gasteiger partial charge in [-0.2, -0.15) is 0 Å². The molecule has 82 valence electrons. The van der Waals surface area contributed by atoms with Crippen molar-refractivity contribution in [2.75, 3.05) is 0 Å². The molecule has 0 aliphatic heterocycles. The van der Waals surface area contributed by atoms with Gasteiger partial charge in [0.2, 0.25) is 0 Å². The number of ether oxygens (including phenoxy) is 1. The van der Waals surface area contributed by atoms with Crippen LogP contribution in [0.15, 0.2) is 30.9 Å². The molecule has 0 amide bonds. The SMILES string of the molecule is C=CC(C)Oc1ccc([C@@H](C)N)cc1F. The highest BCUT2D eigenvalue weighted by atomic mass is 19.1. The summed E-state index contributed by atoms with van der Waals surface area (Å²) in [6, 6.07) is 4.58. The van der Waals surface area contributed by atoms with Crippen LogP contribution in [0.2, 0.25) is 0 Å². The third kappa shape index (κ3) is 3.06. The molecule has 0 radical (unpaired) electrons. The number of rotatable bonds is 4. The standard InChI is InChI=1S/C12H16FNO/c1-4-8(2)15-12-6-5-10(9(3)14)7-11(12)13/h4-9H,1,14H2,2-3H3/t8?,9-/m1/s1. The van der Waals surface area contributed by atoms with Gasteiger partial charge < -0.3 is 10.5 Å². The van der Waals surface area contributed by atoms with Crippen LogP contribution in [-0.2, 0) is 0 Å². The van der Waals surface area contributed by atoms with E-state index < -0.39 is 5.82 Å². The summed E-state index contributed by atoms with van der Waals surface area (Å²) < 4.78 is 18.8. The molecule has 3 heteroatoms. The molecular formula is C12H16FNO. The van der Waals surface area contributed by atoms with Crippen molar-refractivity contribution in [3.8, 4) is 5.75 Å². The molecule has 2 atom stereocenters. The summed E-state index contributed by atoms with van der Waals surface area (Å²) in [5.74, 6) is -0.162. The Bertz CT molecular complexity index is 349. The maximum atomic E-state index is 13.5. The zero-order valence-corrected chi connectivity index (χ0v) is 9.03. The quantitative estimate of drug-likeness (QED) is 0.774. The molecule has 0 saturated heterocycles. The van der Waals surface area contributed by atoms with Crippen LogP contribution in [0.25, 0.3) is 0 Å². The van der Waals surface area contributed by atoms with E-state index in [4.69, 9.17) is 10.5 Å². The van der Waals surface area contributed by atoms with Gasteiger partial charge in [-0.05, 0) is 31.5 Å². The van der Waals surface area contributed by atoms with Crippen molar-refractivity contribution >= 4 is 0 Å². The maximum Gasteiger partial charge on any atom is 0.165 e. The van der Waals surface area contributed by atoms with Gasteiger partial charge in [-0.15, -0.1) is 0 Å². The topological polar surface area (TPSA) is 35.2 Å². The molecule has 1 aromatic carbocycles. The van der Waals surface area contributed by atoms with Crippen molar-refractivity contribution < 1.29 is 9.13 Å². The van der Waals surface area contributed by atoms with Crippen molar-refractivity contribution in [1.29, 1.82) is 0 Å². The lowest BCUT2D eigenvalue weighted by molar-refractivity contribution is 0.257. The van der Waals surface area contributed by atoms with E-state index in [2.05, 4.69) is 6.58 Å². The first-order valence-corrected chi connectivity index (χ1v) is 4.89. The van der Waals surface area contributed by atoms with Crippen LogP contribution < -0.4 is 10.5 Å². The van der Waals surface area contributed by atoms with Crippen molar-refractivity contribution in [3.05, 3.63) is 42.2 Å². The Hall–Kier alpha value is -1.35. The molecule has 0 saturated carbocycles. The number of hydrogen-bond donors (Lipinski definition) is 1. The second-order valence-electron chi connectivity index (χ2n) is 3.54. The van der Waals surface area contributed by atoms with Crippen molar-refractivity contribution in [1.82, 2.24) is 0 Å². The summed E-state index contributed by atoms with van der Waals surface area (Å²) >= 11 is 0. The number of nitrogens with two attached hydrogens (primary N) is 1. The van der Waals surface area contributed by atoms with Gasteiger partial charge in [0.1, 0.15) is 6.10 Å². The maximum absolute atomic E-state index is 13.5. The Morgan fingerprint density at radius 3 is 2.60 bits per heavy atom. The summed E-state index contributed by atoms with van der Waals surface area (Å²) in [6.07, 6.45) is 1.40. The lowest BCUT2D eigenvalue weighted by Crippen LogP contribution is -2.10. The minimum atomic E-state index is -0.390. The van der Waals surface area contributed by atoms with Crippen LogP contribution in [0.4, 0.5) is 4.39 Å². The zero-order valence-electron chi connectivity index (χ0n) is 9.03. The third-order valence-electron chi connectivity index (χ3n) is 2.13. The van der Waals surface area contributed by atoms with E-state index in [0.717, 1.165) is 5.56 Å². The molecule has 0 bridgehead atoms. The van der Waals surface area contributed by atoms with E-state index in [1.165, 1.54) is 6.07 Å². The van der Waals surface area contributed by atoms with E-state index in [-0.39, 0.29) is 17.9 Å². The summed E-state index contributed by atoms with van der Waals surface area (Å²) in [5.41, 5.74) is 6.39. The normalized spacial score (nSPS) is 14.4. The number of hydrogen-bond acceptors (Lipinski definition) is 2. The summed E-state index contributed by atoms with van der Waals surface area (Å²) in [7, 11) is 0. The first-order valence-electron chi connectivity index (χ1n) is 4.89. The second kappa shape index (κ2) is 4.94. The molecule has 2 nitrogen and oxygen atoms in total. The van der Waals surface area contributed by atoms with Gasteiger partial charge in [0.05, 0.1) is 0 Å². The lowest BCUT2D eigenvalue weighted by atomic mass is 10.1. The predicted octanol–water partition coefficient (Wildman–Crippen LogP) is 2.80. The van der Waals surface area contributed by atoms with Crippen LogP contribution in [0.3, 0.4) is 0 Å². The molecule has 0 aromatic heterocycles. The van der Waals surface area contributed by atoms with Gasteiger partial charge in [0.25, 0.3) is 0 Å². The summed E-state index contributed by atoms with van der Waals surface area (Å²) in [6.45, 7) is 7.17. The van der Waals surface area contributed by atoms with Crippen molar-refractivity contribution in [3.63, 3.8) is 0 Å². The zero-order chi connectivity index (χ0) is 11.4. The van der Waals surface area contributed by atoms with E-state index in [9.17, 15) is 4.39 Å². The molecule has 1 aromatic rings. The van der Waals surface area contributed by atoms with Gasteiger partial charge in [-0.3, -0.25) is 0 Å². The molecule has 0 aliphatic rings. The Balaban J connectivity index is 2.88. The fraction of sp³-hybridized carbons (Fsp3) is 0.333. The minimum Gasteiger partial charge on any atom is -0.484 e. The first-order chi connectivity index (χ1) is 7.04. The molecule has 0 fully saturated rings. The van der Waals surface area contributed by atoms with E-state index >= 15 is 0 Å². The predicted molar refractivity (Wildman–Crippen MR) is 59.3 cm³/mol. The summed E-state index contributed by atoms with van der Waals surface area (Å²) in [4.78, 5) is 0. The van der Waals surface area contributed by atoms with Gasteiger partial charge in [0, 0.05) is 6.04 Å². The highest BCUT2D eigenvalue weighted by molar-refractivity contribution is 5.31. The largest absolute Gasteiger partial charge is 0.484 e. The second-order valence-corrected chi connectivity index (χ2v) is 3.54. The smallest absolute Gasteiger partial charge is 0.165 e. The third-order valence-corrected chi connectivity index (χ3v) is 2.13. The Morgan fingerprint density at radius 1 is 1.47 bits per heavy atom. The van der Waals surface area contributed by atoms with E-state index in [1.54, 1.807) is 25.1 Å². The Morgan fingerprint density at radius 2 is 2.13 bits per heavy atom. The van der Waals surface area contributed by atoms with E-state index in [0.29, 0.717) is 0 Å². The van der Waals surface area contributed by atoms with Gasteiger partial charge in [-0.25, -0.2) is 4.39 Å². The van der Waals surface area contributed by atoms with Crippen molar-refractivity contribution in [2.24, 2.45) is 5.73 Å². The molecule has 0 heterocycles. The molecule has 0 spiro atoms. The molecule has 2 N–H and O–H groups in total. The highest BCUT2D eigenvalue weighted by Crippen LogP contribution is 2.22. The molecule has 1 unspecified atom stereocenters. The van der Waals surface area contributed by atoms with Crippen LogP contribution >= 0.6 is 0 Å². The van der Waals surface area contributed by atoms with Gasteiger partial charge >= 0.3 is 0 Å². The average molecular weight is 209 g/mol. The van der Waals surface area contributed by atoms with E-state index in [1.807, 2.05) is 6.92 Å². The van der Waals surface area contributed by atoms with Gasteiger partial charge in [0.15, 0.2) is 11.6 Å². The number of benzene rings is 1. The van der Waals surface area contributed by atoms with Gasteiger partial charge in [-0.1, -0.05) is 18.7 Å². The van der Waals surface area contributed by atoms with Crippen LogP contribution in [-0.4, -0.2) is 6.10 Å². The monoisotopic (exact) mass is 209 g/mol. The van der Waals surface area contributed by atoms with Crippen LogP contribution in [0.1, 0.15) is 25.5 Å². The molecule has 15 heavy (non-hydrogen) atoms. The minimum absolute atomic E-state index is 0.176. The van der Waals surface area contributed by atoms with Crippen LogP contribution in [0, 0.1) is 5.82 Å². The molecular weight excluding hydrogens is 193 g/mol. The summed E-state index contributed by atoms with van der Waals surface area (Å²) in [5, 5.41) is 0. The number of halogens is 1. The van der Waals surface area contributed by atoms with Crippen molar-refractivity contribution in [2.45, 2.75) is 26.0 Å². The lowest BCUT2D eigenvalue weighted by Gasteiger charge is -2.13. The Labute approximate surface area is 89.6 Å². The molecule has 1 rings (SSSR count). The Kier molecular flexibility index (Phi) is 3.86. The highest BCUT2D eigenvalue weighted by Gasteiger charge is 2.08. The fourth-order valence-corrected chi connectivity index (χ4v) is 1.14.